The van der Waals surface area contributed by atoms with Crippen molar-refractivity contribution in [3.8, 4) is 11.5 Å². The van der Waals surface area contributed by atoms with Crippen molar-refractivity contribution in [1.82, 2.24) is 0 Å². The highest BCUT2D eigenvalue weighted by Gasteiger charge is 1.98. The number of benzene rings is 2. The summed E-state index contributed by atoms with van der Waals surface area (Å²) in [5.41, 5.74) is 7.51. The summed E-state index contributed by atoms with van der Waals surface area (Å²) in [6.45, 7) is 0.400. The zero-order valence-electron chi connectivity index (χ0n) is 11.2. The molecule has 0 saturated carbocycles. The van der Waals surface area contributed by atoms with Crippen molar-refractivity contribution >= 4 is 11.6 Å². The molecule has 5 nitrogen and oxygen atoms in total. The summed E-state index contributed by atoms with van der Waals surface area (Å²) in [7, 11) is 1.61. The first-order valence-corrected chi connectivity index (χ1v) is 6.16. The highest BCUT2D eigenvalue weighted by Crippen LogP contribution is 2.16. The van der Waals surface area contributed by atoms with E-state index in [4.69, 9.17) is 10.5 Å². The van der Waals surface area contributed by atoms with Crippen molar-refractivity contribution in [2.45, 2.75) is 6.54 Å². The van der Waals surface area contributed by atoms with Crippen molar-refractivity contribution in [3.05, 3.63) is 54.1 Å². The number of anilines is 1. The molecule has 2 aromatic carbocycles. The summed E-state index contributed by atoms with van der Waals surface area (Å²) in [5, 5.41) is 12.3. The molecule has 0 heterocycles. The second-order valence-electron chi connectivity index (χ2n) is 4.23. The predicted molar refractivity (Wildman–Crippen MR) is 80.0 cm³/mol. The molecule has 2 aromatic rings. The number of methoxy groups -OCH3 is 1. The van der Waals surface area contributed by atoms with Gasteiger partial charge in [-0.15, -0.1) is 0 Å². The topological polar surface area (TPSA) is 79.9 Å². The van der Waals surface area contributed by atoms with Crippen LogP contribution in [-0.4, -0.2) is 18.2 Å². The van der Waals surface area contributed by atoms with Gasteiger partial charge in [-0.3, -0.25) is 0 Å². The molecular weight excluding hydrogens is 254 g/mol. The summed E-state index contributed by atoms with van der Waals surface area (Å²) in [4.78, 5) is 4.22. The molecule has 4 N–H and O–H groups in total. The third-order valence-electron chi connectivity index (χ3n) is 2.68. The predicted octanol–water partition coefficient (Wildman–Crippen LogP) is 2.33. The van der Waals surface area contributed by atoms with Crippen molar-refractivity contribution in [3.63, 3.8) is 0 Å². The quantitative estimate of drug-likeness (QED) is 0.589. The average Bonchev–Trinajstić information content (AvgIpc) is 2.45. The van der Waals surface area contributed by atoms with Crippen LogP contribution < -0.4 is 15.8 Å². The minimum atomic E-state index is 0.219. The molecule has 0 fully saturated rings. The molecule has 0 bridgehead atoms. The zero-order valence-corrected chi connectivity index (χ0v) is 11.2. The first kappa shape index (κ1) is 13.7. The van der Waals surface area contributed by atoms with E-state index in [1.165, 1.54) is 0 Å². The van der Waals surface area contributed by atoms with Crippen LogP contribution in [0.15, 0.2) is 53.5 Å². The normalized spacial score (nSPS) is 11.2. The van der Waals surface area contributed by atoms with Crippen LogP contribution in [0.1, 0.15) is 5.56 Å². The first-order chi connectivity index (χ1) is 9.67. The van der Waals surface area contributed by atoms with Gasteiger partial charge in [-0.2, -0.15) is 0 Å². The van der Waals surface area contributed by atoms with Gasteiger partial charge in [-0.05, 0) is 29.8 Å². The summed E-state index contributed by atoms with van der Waals surface area (Å²) in [6.07, 6.45) is 0. The second-order valence-corrected chi connectivity index (χ2v) is 4.23. The van der Waals surface area contributed by atoms with E-state index in [-0.39, 0.29) is 5.75 Å². The zero-order chi connectivity index (χ0) is 14.4. The van der Waals surface area contributed by atoms with E-state index in [1.807, 2.05) is 30.3 Å². The van der Waals surface area contributed by atoms with Gasteiger partial charge in [0.25, 0.3) is 0 Å². The van der Waals surface area contributed by atoms with Gasteiger partial charge in [-0.25, -0.2) is 4.99 Å². The van der Waals surface area contributed by atoms with Crippen LogP contribution in [0.4, 0.5) is 5.69 Å². The third-order valence-corrected chi connectivity index (χ3v) is 2.68. The Bertz CT molecular complexity index is 612. The maximum absolute atomic E-state index is 9.36. The van der Waals surface area contributed by atoms with Gasteiger partial charge in [0.15, 0.2) is 5.96 Å². The van der Waals surface area contributed by atoms with E-state index >= 15 is 0 Å². The highest BCUT2D eigenvalue weighted by atomic mass is 16.5. The molecule has 5 heteroatoms. The Morgan fingerprint density at radius 3 is 2.80 bits per heavy atom. The second kappa shape index (κ2) is 6.47. The van der Waals surface area contributed by atoms with E-state index in [9.17, 15) is 5.11 Å². The van der Waals surface area contributed by atoms with Crippen LogP contribution >= 0.6 is 0 Å². The number of rotatable bonds is 4. The lowest BCUT2D eigenvalue weighted by atomic mass is 10.2. The number of phenols is 1. The van der Waals surface area contributed by atoms with Crippen molar-refractivity contribution in [1.29, 1.82) is 0 Å². The fraction of sp³-hybridized carbons (Fsp3) is 0.133. The van der Waals surface area contributed by atoms with Crippen molar-refractivity contribution in [2.24, 2.45) is 10.7 Å². The summed E-state index contributed by atoms with van der Waals surface area (Å²) < 4.78 is 5.13. The molecule has 0 saturated heterocycles. The van der Waals surface area contributed by atoms with Gasteiger partial charge in [0.05, 0.1) is 13.7 Å². The number of aromatic hydroxyl groups is 1. The largest absolute Gasteiger partial charge is 0.508 e. The Labute approximate surface area is 117 Å². The Kier molecular flexibility index (Phi) is 4.44. The number of phenolic OH excluding ortho intramolecular Hbond substituents is 1. The number of guanidine groups is 1. The fourth-order valence-electron chi connectivity index (χ4n) is 1.72. The number of ether oxygens (including phenoxy) is 1. The molecule has 0 radical (unpaired) electrons. The molecule has 0 amide bonds. The average molecular weight is 271 g/mol. The Morgan fingerprint density at radius 1 is 1.25 bits per heavy atom. The lowest BCUT2D eigenvalue weighted by molar-refractivity contribution is 0.415. The smallest absolute Gasteiger partial charge is 0.193 e. The minimum absolute atomic E-state index is 0.219. The van der Waals surface area contributed by atoms with Gasteiger partial charge in [0, 0.05) is 11.8 Å². The molecule has 0 spiro atoms. The summed E-state index contributed by atoms with van der Waals surface area (Å²) in [5.74, 6) is 1.27. The Hall–Kier alpha value is -2.69. The molecule has 0 aliphatic heterocycles. The molecule has 2 rings (SSSR count). The van der Waals surface area contributed by atoms with E-state index in [1.54, 1.807) is 25.3 Å². The lowest BCUT2D eigenvalue weighted by Crippen LogP contribution is -2.22. The molecular formula is C15H17N3O2. The van der Waals surface area contributed by atoms with E-state index in [0.717, 1.165) is 17.0 Å². The van der Waals surface area contributed by atoms with Crippen LogP contribution in [-0.2, 0) is 6.54 Å². The van der Waals surface area contributed by atoms with Gasteiger partial charge in [0.1, 0.15) is 11.5 Å². The van der Waals surface area contributed by atoms with Crippen LogP contribution in [0.2, 0.25) is 0 Å². The van der Waals surface area contributed by atoms with Gasteiger partial charge in [-0.1, -0.05) is 18.2 Å². The fourth-order valence-corrected chi connectivity index (χ4v) is 1.72. The lowest BCUT2D eigenvalue weighted by Gasteiger charge is -2.07. The molecule has 104 valence electrons. The number of nitrogens with one attached hydrogen (secondary N) is 1. The molecule has 0 unspecified atom stereocenters. The van der Waals surface area contributed by atoms with Gasteiger partial charge in [0.2, 0.25) is 0 Å². The first-order valence-electron chi connectivity index (χ1n) is 6.16. The molecule has 20 heavy (non-hydrogen) atoms. The highest BCUT2D eigenvalue weighted by molar-refractivity contribution is 5.92. The van der Waals surface area contributed by atoms with Crippen LogP contribution in [0.25, 0.3) is 0 Å². The maximum Gasteiger partial charge on any atom is 0.193 e. The minimum Gasteiger partial charge on any atom is -0.508 e. The van der Waals surface area contributed by atoms with Crippen LogP contribution in [0.5, 0.6) is 11.5 Å². The number of hydrogen-bond donors (Lipinski definition) is 3. The van der Waals surface area contributed by atoms with Gasteiger partial charge < -0.3 is 20.9 Å². The Morgan fingerprint density at radius 2 is 2.05 bits per heavy atom. The molecule has 0 aliphatic rings. The Balaban J connectivity index is 2.00. The van der Waals surface area contributed by atoms with Crippen molar-refractivity contribution < 1.29 is 9.84 Å². The number of nitrogens with two attached hydrogens (primary N) is 1. The van der Waals surface area contributed by atoms with E-state index in [0.29, 0.717) is 12.5 Å². The monoisotopic (exact) mass is 271 g/mol. The molecule has 0 aliphatic carbocycles. The van der Waals surface area contributed by atoms with Gasteiger partial charge >= 0.3 is 0 Å². The van der Waals surface area contributed by atoms with E-state index in [2.05, 4.69) is 10.3 Å². The van der Waals surface area contributed by atoms with E-state index < -0.39 is 0 Å². The number of aliphatic imine (C=N–C) groups is 1. The summed E-state index contributed by atoms with van der Waals surface area (Å²) >= 11 is 0. The number of hydrogen-bond acceptors (Lipinski definition) is 3. The molecule has 0 aromatic heterocycles. The summed E-state index contributed by atoms with van der Waals surface area (Å²) in [6, 6.07) is 14.3. The number of nitrogens with zero attached hydrogens (tertiary/aromatic N) is 1. The van der Waals surface area contributed by atoms with Crippen LogP contribution in [0.3, 0.4) is 0 Å². The third kappa shape index (κ3) is 3.91. The molecule has 0 atom stereocenters. The van der Waals surface area contributed by atoms with Crippen molar-refractivity contribution in [2.75, 3.05) is 12.4 Å². The van der Waals surface area contributed by atoms with Crippen LogP contribution in [0, 0.1) is 0 Å². The maximum atomic E-state index is 9.36. The standard InChI is InChI=1S/C15H17N3O2/c1-20-14-7-3-5-12(9-14)18-15(16)17-10-11-4-2-6-13(19)8-11/h2-9,19H,10H2,1H3,(H3,16,17,18). The SMILES string of the molecule is COc1cccc(NC(N)=NCc2cccc(O)c2)c1.